The Labute approximate surface area is 129 Å². The van der Waals surface area contributed by atoms with Crippen molar-refractivity contribution in [2.24, 2.45) is 5.92 Å². The van der Waals surface area contributed by atoms with Gasteiger partial charge in [-0.1, -0.05) is 0 Å². The quantitative estimate of drug-likeness (QED) is 0.850. The lowest BCUT2D eigenvalue weighted by atomic mass is 10.0. The van der Waals surface area contributed by atoms with E-state index in [1.54, 1.807) is 23.2 Å². The van der Waals surface area contributed by atoms with Crippen LogP contribution in [0.5, 0.6) is 0 Å². The maximum atomic E-state index is 12.2. The minimum absolute atomic E-state index is 0.0242. The first-order valence-corrected chi connectivity index (χ1v) is 8.26. The van der Waals surface area contributed by atoms with Gasteiger partial charge in [-0.05, 0) is 33.3 Å². The summed E-state index contributed by atoms with van der Waals surface area (Å²) in [6.07, 6.45) is 1.01. The predicted octanol–water partition coefficient (Wildman–Crippen LogP) is 2.56. The number of thiophene rings is 1. The number of hydrogen-bond acceptors (Lipinski definition) is 4. The van der Waals surface area contributed by atoms with Crippen molar-refractivity contribution in [1.29, 1.82) is 0 Å². The van der Waals surface area contributed by atoms with Gasteiger partial charge in [0.05, 0.1) is 6.10 Å². The molecule has 1 aromatic heterocycles. The van der Waals surface area contributed by atoms with Gasteiger partial charge < -0.3 is 10.0 Å². The fraction of sp³-hybridized carbons (Fsp3) is 0.625. The van der Waals surface area contributed by atoms with Crippen molar-refractivity contribution in [2.75, 3.05) is 13.1 Å². The molecule has 0 bridgehead atoms. The van der Waals surface area contributed by atoms with Crippen molar-refractivity contribution < 1.29 is 14.7 Å². The molecule has 1 fully saturated rings. The van der Waals surface area contributed by atoms with Crippen LogP contribution < -0.4 is 0 Å². The van der Waals surface area contributed by atoms with Crippen molar-refractivity contribution in [2.45, 2.75) is 46.1 Å². The number of aryl methyl sites for hydroxylation is 2. The standard InChI is InChI=1S/C16H23NO3S/c1-10-8-14(12(3)21-10)15(19)4-5-16(20)17-7-6-13(9-17)11(2)18/h8,11,13,18H,4-7,9H2,1-3H3. The Balaban J connectivity index is 1.84. The van der Waals surface area contributed by atoms with Crippen molar-refractivity contribution in [3.05, 3.63) is 21.4 Å². The maximum absolute atomic E-state index is 12.2. The average molecular weight is 309 g/mol. The van der Waals surface area contributed by atoms with Gasteiger partial charge in [0.1, 0.15) is 0 Å². The molecule has 4 nitrogen and oxygen atoms in total. The van der Waals surface area contributed by atoms with E-state index in [9.17, 15) is 14.7 Å². The van der Waals surface area contributed by atoms with Crippen molar-refractivity contribution >= 4 is 23.0 Å². The van der Waals surface area contributed by atoms with E-state index in [0.717, 1.165) is 21.7 Å². The van der Waals surface area contributed by atoms with Crippen LogP contribution in [0.4, 0.5) is 0 Å². The zero-order valence-corrected chi connectivity index (χ0v) is 13.7. The molecule has 2 unspecified atom stereocenters. The van der Waals surface area contributed by atoms with Crippen LogP contribution in [0.2, 0.25) is 0 Å². The molecule has 2 rings (SSSR count). The summed E-state index contributed by atoms with van der Waals surface area (Å²) >= 11 is 1.62. The normalized spacial score (nSPS) is 19.8. The van der Waals surface area contributed by atoms with E-state index in [4.69, 9.17) is 0 Å². The number of carbonyl (C=O) groups is 2. The number of carbonyl (C=O) groups excluding carboxylic acids is 2. The van der Waals surface area contributed by atoms with Crippen molar-refractivity contribution in [3.8, 4) is 0 Å². The second-order valence-electron chi connectivity index (χ2n) is 5.88. The molecule has 2 heterocycles. The first-order chi connectivity index (χ1) is 9.88. The maximum Gasteiger partial charge on any atom is 0.223 e. The van der Waals surface area contributed by atoms with E-state index in [-0.39, 0.29) is 36.6 Å². The smallest absolute Gasteiger partial charge is 0.223 e. The SMILES string of the molecule is Cc1cc(C(=O)CCC(=O)N2CCC(C(C)O)C2)c(C)s1. The van der Waals surface area contributed by atoms with Crippen molar-refractivity contribution in [1.82, 2.24) is 4.90 Å². The van der Waals surface area contributed by atoms with E-state index in [1.807, 2.05) is 19.9 Å². The number of hydrogen-bond donors (Lipinski definition) is 1. The van der Waals surface area contributed by atoms with Crippen LogP contribution in [-0.2, 0) is 4.79 Å². The summed E-state index contributed by atoms with van der Waals surface area (Å²) in [5.41, 5.74) is 0.758. The van der Waals surface area contributed by atoms with Gasteiger partial charge in [0.25, 0.3) is 0 Å². The summed E-state index contributed by atoms with van der Waals surface area (Å²) in [6.45, 7) is 7.00. The van der Waals surface area contributed by atoms with Crippen LogP contribution in [-0.4, -0.2) is 40.9 Å². The first kappa shape index (κ1) is 16.2. The summed E-state index contributed by atoms with van der Waals surface area (Å²) in [4.78, 5) is 28.2. The highest BCUT2D eigenvalue weighted by atomic mass is 32.1. The second kappa shape index (κ2) is 6.71. The number of ketones is 1. The van der Waals surface area contributed by atoms with E-state index in [0.29, 0.717) is 13.1 Å². The van der Waals surface area contributed by atoms with Crippen molar-refractivity contribution in [3.63, 3.8) is 0 Å². The van der Waals surface area contributed by atoms with Gasteiger partial charge in [-0.15, -0.1) is 11.3 Å². The Hall–Kier alpha value is -1.20. The van der Waals surface area contributed by atoms with Crippen LogP contribution in [0.25, 0.3) is 0 Å². The third kappa shape index (κ3) is 3.92. The highest BCUT2D eigenvalue weighted by Crippen LogP contribution is 2.23. The molecule has 0 radical (unpaired) electrons. The van der Waals surface area contributed by atoms with E-state index < -0.39 is 0 Å². The van der Waals surface area contributed by atoms with Gasteiger partial charge in [0.15, 0.2) is 5.78 Å². The Kier molecular flexibility index (Phi) is 5.17. The van der Waals surface area contributed by atoms with E-state index in [2.05, 4.69) is 0 Å². The van der Waals surface area contributed by atoms with Crippen LogP contribution in [0.3, 0.4) is 0 Å². The number of likely N-dealkylation sites (tertiary alicyclic amines) is 1. The summed E-state index contributed by atoms with van der Waals surface area (Å²) < 4.78 is 0. The predicted molar refractivity (Wildman–Crippen MR) is 83.7 cm³/mol. The molecule has 5 heteroatoms. The topological polar surface area (TPSA) is 57.6 Å². The molecular formula is C16H23NO3S. The molecule has 1 aliphatic heterocycles. The molecule has 2 atom stereocenters. The Morgan fingerprint density at radius 1 is 1.43 bits per heavy atom. The van der Waals surface area contributed by atoms with Gasteiger partial charge >= 0.3 is 0 Å². The van der Waals surface area contributed by atoms with Crippen LogP contribution in [0.15, 0.2) is 6.07 Å². The zero-order chi connectivity index (χ0) is 15.6. The summed E-state index contributed by atoms with van der Waals surface area (Å²) in [5, 5.41) is 9.56. The average Bonchev–Trinajstić information content (AvgIpc) is 3.02. The molecule has 1 aliphatic rings. The minimum atomic E-state index is -0.374. The fourth-order valence-electron chi connectivity index (χ4n) is 2.83. The molecular weight excluding hydrogens is 286 g/mol. The fourth-order valence-corrected chi connectivity index (χ4v) is 3.77. The zero-order valence-electron chi connectivity index (χ0n) is 12.9. The molecule has 0 aliphatic carbocycles. The molecule has 1 N–H and O–H groups in total. The first-order valence-electron chi connectivity index (χ1n) is 7.44. The van der Waals surface area contributed by atoms with Gasteiger partial charge in [-0.2, -0.15) is 0 Å². The largest absolute Gasteiger partial charge is 0.393 e. The summed E-state index contributed by atoms with van der Waals surface area (Å²) in [6, 6.07) is 1.91. The molecule has 1 saturated heterocycles. The van der Waals surface area contributed by atoms with Gasteiger partial charge in [-0.25, -0.2) is 0 Å². The van der Waals surface area contributed by atoms with E-state index >= 15 is 0 Å². The number of nitrogens with zero attached hydrogens (tertiary/aromatic N) is 1. The Morgan fingerprint density at radius 3 is 2.67 bits per heavy atom. The molecule has 0 spiro atoms. The van der Waals surface area contributed by atoms with E-state index in [1.165, 1.54) is 0 Å². The third-order valence-corrected chi connectivity index (χ3v) is 5.13. The summed E-state index contributed by atoms with van der Waals surface area (Å²) in [5.74, 6) is 0.249. The second-order valence-corrected chi connectivity index (χ2v) is 7.34. The Morgan fingerprint density at radius 2 is 2.14 bits per heavy atom. The molecule has 1 amide bonds. The lowest BCUT2D eigenvalue weighted by Crippen LogP contribution is -2.30. The summed E-state index contributed by atoms with van der Waals surface area (Å²) in [7, 11) is 0. The highest BCUT2D eigenvalue weighted by Gasteiger charge is 2.29. The highest BCUT2D eigenvalue weighted by molar-refractivity contribution is 7.12. The number of aliphatic hydroxyl groups is 1. The minimum Gasteiger partial charge on any atom is -0.393 e. The number of Topliss-reactive ketones (excluding diaryl/α,β-unsaturated/α-hetero) is 1. The van der Waals surface area contributed by atoms with Gasteiger partial charge in [0, 0.05) is 47.2 Å². The van der Waals surface area contributed by atoms with Crippen LogP contribution in [0.1, 0.15) is 46.3 Å². The molecule has 0 aromatic carbocycles. The molecule has 21 heavy (non-hydrogen) atoms. The molecule has 116 valence electrons. The number of aliphatic hydroxyl groups excluding tert-OH is 1. The Bertz CT molecular complexity index is 536. The third-order valence-electron chi connectivity index (χ3n) is 4.17. The van der Waals surface area contributed by atoms with Gasteiger partial charge in [0.2, 0.25) is 5.91 Å². The monoisotopic (exact) mass is 309 g/mol. The number of amides is 1. The number of rotatable bonds is 5. The van der Waals surface area contributed by atoms with Crippen LogP contribution in [0, 0.1) is 19.8 Å². The lowest BCUT2D eigenvalue weighted by Gasteiger charge is -2.17. The van der Waals surface area contributed by atoms with Crippen LogP contribution >= 0.6 is 11.3 Å². The molecule has 0 saturated carbocycles. The lowest BCUT2D eigenvalue weighted by molar-refractivity contribution is -0.130. The molecule has 1 aromatic rings. The van der Waals surface area contributed by atoms with Gasteiger partial charge in [-0.3, -0.25) is 9.59 Å².